The summed E-state index contributed by atoms with van der Waals surface area (Å²) in [5.41, 5.74) is 0.572. The van der Waals surface area contributed by atoms with Crippen LogP contribution in [0.4, 0.5) is 10.5 Å². The van der Waals surface area contributed by atoms with Gasteiger partial charge in [0.15, 0.2) is 0 Å². The average Bonchev–Trinajstić information content (AvgIpc) is 2.28. The molecule has 0 saturated carbocycles. The number of aromatic nitrogens is 1. The molecule has 0 saturated heterocycles. The highest BCUT2D eigenvalue weighted by Crippen LogP contribution is 2.20. The van der Waals surface area contributed by atoms with Gasteiger partial charge < -0.3 is 15.0 Å². The van der Waals surface area contributed by atoms with Crippen LogP contribution >= 0.6 is 0 Å². The molecule has 16 heavy (non-hydrogen) atoms. The number of urea groups is 1. The molecule has 0 radical (unpaired) electrons. The van der Waals surface area contributed by atoms with E-state index in [1.807, 2.05) is 13.8 Å². The number of methoxy groups -OCH3 is 1. The molecule has 1 aromatic rings. The fraction of sp³-hybridized carbons (Fsp3) is 0.455. The van der Waals surface area contributed by atoms with Gasteiger partial charge in [-0.3, -0.25) is 0 Å². The minimum Gasteiger partial charge on any atom is -0.480 e. The van der Waals surface area contributed by atoms with Crippen LogP contribution in [0.25, 0.3) is 0 Å². The molecule has 88 valence electrons. The summed E-state index contributed by atoms with van der Waals surface area (Å²) >= 11 is 0. The molecule has 5 nitrogen and oxygen atoms in total. The molecule has 0 fully saturated rings. The summed E-state index contributed by atoms with van der Waals surface area (Å²) in [4.78, 5) is 17.4. The maximum Gasteiger partial charge on any atom is 0.321 e. The van der Waals surface area contributed by atoms with E-state index in [9.17, 15) is 4.79 Å². The lowest BCUT2D eigenvalue weighted by molar-refractivity contribution is 0.211. The highest BCUT2D eigenvalue weighted by atomic mass is 16.5. The summed E-state index contributed by atoms with van der Waals surface area (Å²) in [6.07, 6.45) is 1.61. The van der Waals surface area contributed by atoms with E-state index in [-0.39, 0.29) is 12.1 Å². The number of ether oxygens (including phenoxy) is 1. The number of hydrogen-bond donors (Lipinski definition) is 1. The molecule has 1 aromatic heterocycles. The third-order valence-electron chi connectivity index (χ3n) is 2.30. The van der Waals surface area contributed by atoms with Crippen LogP contribution in [0.5, 0.6) is 5.88 Å². The van der Waals surface area contributed by atoms with Crippen LogP contribution in [0, 0.1) is 0 Å². The molecule has 0 bridgehead atoms. The van der Waals surface area contributed by atoms with Crippen molar-refractivity contribution in [3.05, 3.63) is 18.3 Å². The summed E-state index contributed by atoms with van der Waals surface area (Å²) in [5, 5.41) is 2.74. The Kier molecular flexibility index (Phi) is 4.10. The molecular formula is C11H17N3O2. The van der Waals surface area contributed by atoms with Crippen LogP contribution in [0.1, 0.15) is 13.8 Å². The Morgan fingerprint density at radius 3 is 2.81 bits per heavy atom. The maximum absolute atomic E-state index is 11.8. The molecule has 0 spiro atoms. The van der Waals surface area contributed by atoms with Crippen molar-refractivity contribution in [2.75, 3.05) is 19.5 Å². The van der Waals surface area contributed by atoms with Gasteiger partial charge in [0.25, 0.3) is 0 Å². The second kappa shape index (κ2) is 5.34. The maximum atomic E-state index is 11.8. The molecule has 0 atom stereocenters. The fourth-order valence-electron chi connectivity index (χ4n) is 1.09. The molecule has 0 aliphatic rings. The lowest BCUT2D eigenvalue weighted by Crippen LogP contribution is -2.36. The lowest BCUT2D eigenvalue weighted by atomic mass is 10.3. The highest BCUT2D eigenvalue weighted by Gasteiger charge is 2.13. The Hall–Kier alpha value is -1.78. The minimum absolute atomic E-state index is 0.141. The van der Waals surface area contributed by atoms with Gasteiger partial charge in [0.1, 0.15) is 5.69 Å². The van der Waals surface area contributed by atoms with E-state index in [4.69, 9.17) is 4.74 Å². The third kappa shape index (κ3) is 2.85. The van der Waals surface area contributed by atoms with E-state index in [1.54, 1.807) is 30.3 Å². The predicted octanol–water partition coefficient (Wildman–Crippen LogP) is 1.96. The van der Waals surface area contributed by atoms with Gasteiger partial charge in [-0.1, -0.05) is 0 Å². The van der Waals surface area contributed by atoms with E-state index in [0.717, 1.165) is 0 Å². The Morgan fingerprint density at radius 2 is 2.25 bits per heavy atom. The van der Waals surface area contributed by atoms with Gasteiger partial charge >= 0.3 is 6.03 Å². The van der Waals surface area contributed by atoms with Crippen LogP contribution in [0.15, 0.2) is 18.3 Å². The smallest absolute Gasteiger partial charge is 0.321 e. The van der Waals surface area contributed by atoms with Gasteiger partial charge in [-0.25, -0.2) is 9.78 Å². The van der Waals surface area contributed by atoms with Gasteiger partial charge in [-0.2, -0.15) is 0 Å². The number of nitrogens with zero attached hydrogens (tertiary/aromatic N) is 2. The van der Waals surface area contributed by atoms with Gasteiger partial charge in [0.05, 0.1) is 7.11 Å². The zero-order chi connectivity index (χ0) is 12.1. The van der Waals surface area contributed by atoms with Gasteiger partial charge in [-0.05, 0) is 26.0 Å². The number of carbonyl (C=O) groups excluding carboxylic acids is 1. The largest absolute Gasteiger partial charge is 0.480 e. The van der Waals surface area contributed by atoms with E-state index < -0.39 is 0 Å². The van der Waals surface area contributed by atoms with Crippen LogP contribution in [0.2, 0.25) is 0 Å². The van der Waals surface area contributed by atoms with Crippen LogP contribution < -0.4 is 10.1 Å². The molecular weight excluding hydrogens is 206 g/mol. The Labute approximate surface area is 95.4 Å². The van der Waals surface area contributed by atoms with Crippen molar-refractivity contribution in [2.45, 2.75) is 19.9 Å². The number of anilines is 1. The first-order chi connectivity index (χ1) is 7.56. The predicted molar refractivity (Wildman–Crippen MR) is 62.7 cm³/mol. The van der Waals surface area contributed by atoms with E-state index in [2.05, 4.69) is 10.3 Å². The first-order valence-electron chi connectivity index (χ1n) is 5.09. The topological polar surface area (TPSA) is 54.5 Å². The second-order valence-corrected chi connectivity index (χ2v) is 3.70. The molecule has 0 aromatic carbocycles. The van der Waals surface area contributed by atoms with Crippen molar-refractivity contribution < 1.29 is 9.53 Å². The summed E-state index contributed by atoms with van der Waals surface area (Å²) in [6.45, 7) is 3.89. The van der Waals surface area contributed by atoms with Crippen molar-refractivity contribution >= 4 is 11.7 Å². The second-order valence-electron chi connectivity index (χ2n) is 3.70. The first-order valence-corrected chi connectivity index (χ1v) is 5.09. The van der Waals surface area contributed by atoms with Gasteiger partial charge in [0, 0.05) is 19.3 Å². The monoisotopic (exact) mass is 223 g/mol. The van der Waals surface area contributed by atoms with Crippen LogP contribution in [-0.2, 0) is 0 Å². The zero-order valence-electron chi connectivity index (χ0n) is 10.0. The van der Waals surface area contributed by atoms with Gasteiger partial charge in [-0.15, -0.1) is 0 Å². The van der Waals surface area contributed by atoms with E-state index >= 15 is 0 Å². The first kappa shape index (κ1) is 12.3. The van der Waals surface area contributed by atoms with Crippen molar-refractivity contribution in [3.8, 4) is 5.88 Å². The normalized spacial score (nSPS) is 10.1. The van der Waals surface area contributed by atoms with E-state index in [0.29, 0.717) is 11.6 Å². The standard InChI is InChI=1S/C11H17N3O2/c1-8(2)14(3)11(15)13-9-6-5-7-12-10(9)16-4/h5-8H,1-4H3,(H,13,15). The highest BCUT2D eigenvalue weighted by molar-refractivity contribution is 5.90. The number of amides is 2. The number of rotatable bonds is 3. The number of carbonyl (C=O) groups is 1. The third-order valence-corrected chi connectivity index (χ3v) is 2.30. The Balaban J connectivity index is 2.76. The summed E-state index contributed by atoms with van der Waals surface area (Å²) in [5.74, 6) is 0.410. The van der Waals surface area contributed by atoms with Crippen molar-refractivity contribution in [1.82, 2.24) is 9.88 Å². The summed E-state index contributed by atoms with van der Waals surface area (Å²) in [7, 11) is 3.26. The molecule has 1 rings (SSSR count). The van der Waals surface area contributed by atoms with Crippen LogP contribution in [-0.4, -0.2) is 36.1 Å². The number of hydrogen-bond acceptors (Lipinski definition) is 3. The molecule has 5 heteroatoms. The number of pyridine rings is 1. The molecule has 2 amide bonds. The zero-order valence-corrected chi connectivity index (χ0v) is 10.0. The van der Waals surface area contributed by atoms with E-state index in [1.165, 1.54) is 7.11 Å². The van der Waals surface area contributed by atoms with Crippen molar-refractivity contribution in [3.63, 3.8) is 0 Å². The fourth-order valence-corrected chi connectivity index (χ4v) is 1.09. The minimum atomic E-state index is -0.179. The molecule has 1 N–H and O–H groups in total. The Morgan fingerprint density at radius 1 is 1.56 bits per heavy atom. The van der Waals surface area contributed by atoms with Crippen molar-refractivity contribution in [2.24, 2.45) is 0 Å². The van der Waals surface area contributed by atoms with Crippen LogP contribution in [0.3, 0.4) is 0 Å². The SMILES string of the molecule is COc1ncccc1NC(=O)N(C)C(C)C. The van der Waals surface area contributed by atoms with Gasteiger partial charge in [0.2, 0.25) is 5.88 Å². The Bertz CT molecular complexity index is 366. The molecule has 0 unspecified atom stereocenters. The molecule has 0 aliphatic carbocycles. The van der Waals surface area contributed by atoms with Crippen molar-refractivity contribution in [1.29, 1.82) is 0 Å². The quantitative estimate of drug-likeness (QED) is 0.852. The number of nitrogens with one attached hydrogen (secondary N) is 1. The summed E-state index contributed by atoms with van der Waals surface area (Å²) < 4.78 is 5.04. The molecule has 1 heterocycles. The lowest BCUT2D eigenvalue weighted by Gasteiger charge is -2.22. The average molecular weight is 223 g/mol. The summed E-state index contributed by atoms with van der Waals surface area (Å²) in [6, 6.07) is 3.45. The molecule has 0 aliphatic heterocycles.